The van der Waals surface area contributed by atoms with Crippen molar-refractivity contribution in [2.45, 2.75) is 45.7 Å². The average Bonchev–Trinajstić information content (AvgIpc) is 2.79. The third-order valence-electron chi connectivity index (χ3n) is 4.93. The molecule has 0 radical (unpaired) electrons. The fourth-order valence-electron chi connectivity index (χ4n) is 3.20. The zero-order chi connectivity index (χ0) is 22.6. The third-order valence-corrected chi connectivity index (χ3v) is 5.30. The quantitative estimate of drug-likeness (QED) is 0.489. The highest BCUT2D eigenvalue weighted by molar-refractivity contribution is 6.31. The molecule has 2 aromatic carbocycles. The van der Waals surface area contributed by atoms with Crippen molar-refractivity contribution in [2.75, 3.05) is 20.3 Å². The van der Waals surface area contributed by atoms with Gasteiger partial charge in [-0.15, -0.1) is 0 Å². The van der Waals surface area contributed by atoms with Crippen molar-refractivity contribution in [3.8, 4) is 11.5 Å². The molecule has 0 aliphatic heterocycles. The maximum atomic E-state index is 13.2. The molecule has 0 heterocycles. The molecular weight excluding hydrogens is 416 g/mol. The van der Waals surface area contributed by atoms with Crippen LogP contribution in [0.1, 0.15) is 38.7 Å². The Balaban J connectivity index is 2.21. The van der Waals surface area contributed by atoms with E-state index in [-0.39, 0.29) is 25.0 Å². The Bertz CT molecular complexity index is 859. The molecule has 0 spiro atoms. The number of hydrogen-bond donors (Lipinski definition) is 1. The first-order valence-corrected chi connectivity index (χ1v) is 11.0. The van der Waals surface area contributed by atoms with E-state index in [1.807, 2.05) is 31.2 Å². The summed E-state index contributed by atoms with van der Waals surface area (Å²) >= 11 is 6.33. The largest absolute Gasteiger partial charge is 0.493 e. The Hall–Kier alpha value is -2.73. The van der Waals surface area contributed by atoms with Crippen LogP contribution in [0.2, 0.25) is 5.02 Å². The number of para-hydroxylation sites is 2. The number of nitrogens with one attached hydrogen (secondary N) is 1. The molecule has 2 aromatic rings. The first-order chi connectivity index (χ1) is 15.0. The zero-order valence-electron chi connectivity index (χ0n) is 18.4. The van der Waals surface area contributed by atoms with Crippen molar-refractivity contribution in [1.82, 2.24) is 10.2 Å². The Kier molecular flexibility index (Phi) is 10.2. The van der Waals surface area contributed by atoms with Gasteiger partial charge in [-0.25, -0.2) is 0 Å². The average molecular weight is 447 g/mol. The van der Waals surface area contributed by atoms with Gasteiger partial charge in [0, 0.05) is 18.1 Å². The van der Waals surface area contributed by atoms with E-state index in [9.17, 15) is 9.59 Å². The maximum absolute atomic E-state index is 13.2. The first-order valence-electron chi connectivity index (χ1n) is 10.6. The van der Waals surface area contributed by atoms with Crippen molar-refractivity contribution >= 4 is 23.4 Å². The van der Waals surface area contributed by atoms with Crippen molar-refractivity contribution in [3.63, 3.8) is 0 Å². The Labute approximate surface area is 189 Å². The topological polar surface area (TPSA) is 67.9 Å². The predicted octanol–water partition coefficient (Wildman–Crippen LogP) is 4.45. The lowest BCUT2D eigenvalue weighted by atomic mass is 10.1. The third kappa shape index (κ3) is 7.17. The van der Waals surface area contributed by atoms with E-state index in [2.05, 4.69) is 12.2 Å². The van der Waals surface area contributed by atoms with Crippen LogP contribution in [0.25, 0.3) is 0 Å². The van der Waals surface area contributed by atoms with Crippen LogP contribution < -0.4 is 14.8 Å². The van der Waals surface area contributed by atoms with Gasteiger partial charge < -0.3 is 19.7 Å². The molecule has 0 saturated heterocycles. The number of rotatable bonds is 12. The summed E-state index contributed by atoms with van der Waals surface area (Å²) in [4.78, 5) is 27.6. The van der Waals surface area contributed by atoms with Crippen LogP contribution >= 0.6 is 11.6 Å². The fraction of sp³-hybridized carbons (Fsp3) is 0.417. The van der Waals surface area contributed by atoms with Gasteiger partial charge in [0.2, 0.25) is 5.91 Å². The van der Waals surface area contributed by atoms with Gasteiger partial charge in [0.25, 0.3) is 5.91 Å². The maximum Gasteiger partial charge on any atom is 0.261 e. The molecule has 0 unspecified atom stereocenters. The smallest absolute Gasteiger partial charge is 0.261 e. The Morgan fingerprint density at radius 2 is 1.74 bits per heavy atom. The molecule has 2 rings (SSSR count). The zero-order valence-corrected chi connectivity index (χ0v) is 19.2. The lowest BCUT2D eigenvalue weighted by molar-refractivity contribution is -0.143. The van der Waals surface area contributed by atoms with Gasteiger partial charge in [0.15, 0.2) is 18.1 Å². The van der Waals surface area contributed by atoms with Gasteiger partial charge in [-0.1, -0.05) is 62.2 Å². The van der Waals surface area contributed by atoms with E-state index in [0.29, 0.717) is 29.5 Å². The van der Waals surface area contributed by atoms with E-state index >= 15 is 0 Å². The monoisotopic (exact) mass is 446 g/mol. The van der Waals surface area contributed by atoms with Crippen molar-refractivity contribution in [3.05, 3.63) is 59.1 Å². The van der Waals surface area contributed by atoms with Crippen molar-refractivity contribution in [1.29, 1.82) is 0 Å². The molecular formula is C24H31ClN2O4. The molecule has 1 N–H and O–H groups in total. The molecule has 1 atom stereocenters. The normalized spacial score (nSPS) is 11.5. The first kappa shape index (κ1) is 24.5. The van der Waals surface area contributed by atoms with Gasteiger partial charge in [-0.3, -0.25) is 9.59 Å². The molecule has 0 aromatic heterocycles. The number of hydrogen-bond acceptors (Lipinski definition) is 4. The SMILES string of the molecule is CCCCNC(=O)[C@H](CC)N(Cc1ccccc1Cl)C(=O)COc1ccccc1OC. The van der Waals surface area contributed by atoms with Gasteiger partial charge in [0.1, 0.15) is 6.04 Å². The number of methoxy groups -OCH3 is 1. The number of unbranched alkanes of at least 4 members (excludes halogenated alkanes) is 1. The number of halogens is 1. The summed E-state index contributed by atoms with van der Waals surface area (Å²) in [6.07, 6.45) is 2.34. The van der Waals surface area contributed by atoms with Crippen LogP contribution in [0.5, 0.6) is 11.5 Å². The lowest BCUT2D eigenvalue weighted by Crippen LogP contribution is -2.50. The minimum atomic E-state index is -0.623. The highest BCUT2D eigenvalue weighted by Gasteiger charge is 2.29. The lowest BCUT2D eigenvalue weighted by Gasteiger charge is -2.31. The van der Waals surface area contributed by atoms with Crippen molar-refractivity contribution in [2.24, 2.45) is 0 Å². The van der Waals surface area contributed by atoms with E-state index in [1.165, 1.54) is 4.90 Å². The molecule has 0 aliphatic rings. The molecule has 0 fully saturated rings. The molecule has 0 saturated carbocycles. The Morgan fingerprint density at radius 3 is 2.39 bits per heavy atom. The molecule has 6 nitrogen and oxygen atoms in total. The number of benzene rings is 2. The van der Waals surface area contributed by atoms with E-state index < -0.39 is 6.04 Å². The van der Waals surface area contributed by atoms with Gasteiger partial charge in [-0.05, 0) is 36.6 Å². The second kappa shape index (κ2) is 12.8. The van der Waals surface area contributed by atoms with Gasteiger partial charge >= 0.3 is 0 Å². The van der Waals surface area contributed by atoms with Crippen LogP contribution in [-0.4, -0.2) is 43.0 Å². The number of carbonyl (C=O) groups is 2. The summed E-state index contributed by atoms with van der Waals surface area (Å²) in [5.74, 6) is 0.533. The summed E-state index contributed by atoms with van der Waals surface area (Å²) < 4.78 is 11.0. The van der Waals surface area contributed by atoms with Gasteiger partial charge in [0.05, 0.1) is 7.11 Å². The highest BCUT2D eigenvalue weighted by Crippen LogP contribution is 2.26. The molecule has 31 heavy (non-hydrogen) atoms. The molecule has 0 aliphatic carbocycles. The highest BCUT2D eigenvalue weighted by atomic mass is 35.5. The summed E-state index contributed by atoms with van der Waals surface area (Å²) in [5.41, 5.74) is 0.773. The number of nitrogens with zero attached hydrogens (tertiary/aromatic N) is 1. The van der Waals surface area contributed by atoms with Crippen LogP contribution in [0.15, 0.2) is 48.5 Å². The van der Waals surface area contributed by atoms with Crippen LogP contribution in [0.4, 0.5) is 0 Å². The van der Waals surface area contributed by atoms with E-state index in [4.69, 9.17) is 21.1 Å². The second-order valence-electron chi connectivity index (χ2n) is 7.12. The molecule has 168 valence electrons. The van der Waals surface area contributed by atoms with Crippen LogP contribution in [-0.2, 0) is 16.1 Å². The second-order valence-corrected chi connectivity index (χ2v) is 7.53. The number of amides is 2. The fourth-order valence-corrected chi connectivity index (χ4v) is 3.39. The van der Waals surface area contributed by atoms with E-state index in [1.54, 1.807) is 31.4 Å². The summed E-state index contributed by atoms with van der Waals surface area (Å²) in [7, 11) is 1.54. The predicted molar refractivity (Wildman–Crippen MR) is 122 cm³/mol. The molecule has 0 bridgehead atoms. The molecule has 7 heteroatoms. The van der Waals surface area contributed by atoms with Crippen LogP contribution in [0.3, 0.4) is 0 Å². The Morgan fingerprint density at radius 1 is 1.06 bits per heavy atom. The van der Waals surface area contributed by atoms with Crippen LogP contribution in [0, 0.1) is 0 Å². The summed E-state index contributed by atoms with van der Waals surface area (Å²) in [6, 6.07) is 13.8. The molecule has 2 amide bonds. The number of ether oxygens (including phenoxy) is 2. The summed E-state index contributed by atoms with van der Waals surface area (Å²) in [5, 5.41) is 3.48. The van der Waals surface area contributed by atoms with E-state index in [0.717, 1.165) is 18.4 Å². The van der Waals surface area contributed by atoms with Gasteiger partial charge in [-0.2, -0.15) is 0 Å². The van der Waals surface area contributed by atoms with Crippen molar-refractivity contribution < 1.29 is 19.1 Å². The standard InChI is InChI=1S/C24H31ClN2O4/c1-4-6-15-26-24(29)20(5-2)27(16-18-11-7-8-12-19(18)25)23(28)17-31-22-14-10-9-13-21(22)30-3/h7-14,20H,4-6,15-17H2,1-3H3,(H,26,29)/t20-/m0/s1. The minimum absolute atomic E-state index is 0.173. The minimum Gasteiger partial charge on any atom is -0.493 e. The summed E-state index contributed by atoms with van der Waals surface area (Å²) in [6.45, 7) is 4.53. The number of carbonyl (C=O) groups excluding carboxylic acids is 2.